The highest BCUT2D eigenvalue weighted by atomic mass is 79.9. The fraction of sp³-hybridized carbons (Fsp3) is 0.538. The third-order valence-corrected chi connectivity index (χ3v) is 3.98. The summed E-state index contributed by atoms with van der Waals surface area (Å²) in [6.45, 7) is 2.83. The van der Waals surface area contributed by atoms with Gasteiger partial charge in [0.1, 0.15) is 5.82 Å². The van der Waals surface area contributed by atoms with E-state index in [0.29, 0.717) is 4.47 Å². The van der Waals surface area contributed by atoms with Crippen LogP contribution in [0.4, 0.5) is 4.39 Å². The van der Waals surface area contributed by atoms with Crippen molar-refractivity contribution in [2.24, 2.45) is 5.92 Å². The van der Waals surface area contributed by atoms with Gasteiger partial charge in [0.2, 0.25) is 0 Å². The Bertz CT molecular complexity index is 408. The SMILES string of the molecule is CC(CO)(NCC1CC1)c1ccc(F)cc1Br. The smallest absolute Gasteiger partial charge is 0.124 e. The highest BCUT2D eigenvalue weighted by Gasteiger charge is 2.30. The molecule has 94 valence electrons. The first-order chi connectivity index (χ1) is 8.05. The second-order valence-electron chi connectivity index (χ2n) is 4.94. The van der Waals surface area contributed by atoms with Crippen LogP contribution in [0, 0.1) is 11.7 Å². The van der Waals surface area contributed by atoms with E-state index in [4.69, 9.17) is 0 Å². The van der Waals surface area contributed by atoms with Gasteiger partial charge in [-0.15, -0.1) is 0 Å². The van der Waals surface area contributed by atoms with E-state index in [2.05, 4.69) is 21.2 Å². The summed E-state index contributed by atoms with van der Waals surface area (Å²) in [7, 11) is 0. The zero-order valence-corrected chi connectivity index (χ0v) is 11.4. The molecular formula is C13H17BrFNO. The highest BCUT2D eigenvalue weighted by molar-refractivity contribution is 9.10. The lowest BCUT2D eigenvalue weighted by atomic mass is 9.92. The van der Waals surface area contributed by atoms with Crippen LogP contribution in [0.5, 0.6) is 0 Å². The molecule has 0 bridgehead atoms. The molecule has 2 nitrogen and oxygen atoms in total. The fourth-order valence-electron chi connectivity index (χ4n) is 1.86. The Morgan fingerprint density at radius 3 is 2.76 bits per heavy atom. The Morgan fingerprint density at radius 1 is 1.53 bits per heavy atom. The van der Waals surface area contributed by atoms with Crippen molar-refractivity contribution in [2.45, 2.75) is 25.3 Å². The molecule has 0 radical (unpaired) electrons. The van der Waals surface area contributed by atoms with Crippen molar-refractivity contribution in [3.8, 4) is 0 Å². The first kappa shape index (κ1) is 13.0. The molecule has 1 aromatic rings. The molecule has 1 unspecified atom stereocenters. The van der Waals surface area contributed by atoms with Crippen molar-refractivity contribution >= 4 is 15.9 Å². The van der Waals surface area contributed by atoms with E-state index in [9.17, 15) is 9.50 Å². The van der Waals surface area contributed by atoms with Crippen LogP contribution < -0.4 is 5.32 Å². The molecule has 0 spiro atoms. The van der Waals surface area contributed by atoms with Gasteiger partial charge in [0.15, 0.2) is 0 Å². The first-order valence-corrected chi connectivity index (χ1v) is 6.66. The minimum atomic E-state index is -0.519. The summed E-state index contributed by atoms with van der Waals surface area (Å²) in [4.78, 5) is 0. The van der Waals surface area contributed by atoms with Crippen molar-refractivity contribution < 1.29 is 9.50 Å². The molecule has 0 saturated heterocycles. The van der Waals surface area contributed by atoms with Gasteiger partial charge in [0.05, 0.1) is 12.1 Å². The van der Waals surface area contributed by atoms with E-state index in [1.54, 1.807) is 6.07 Å². The number of aliphatic hydroxyl groups excluding tert-OH is 1. The van der Waals surface area contributed by atoms with E-state index in [-0.39, 0.29) is 12.4 Å². The molecule has 1 aliphatic carbocycles. The molecule has 1 aromatic carbocycles. The maximum Gasteiger partial charge on any atom is 0.124 e. The molecule has 0 aliphatic heterocycles. The van der Waals surface area contributed by atoms with Crippen molar-refractivity contribution in [3.05, 3.63) is 34.1 Å². The Kier molecular flexibility index (Phi) is 3.85. The Hall–Kier alpha value is -0.450. The second kappa shape index (κ2) is 5.04. The summed E-state index contributed by atoms with van der Waals surface area (Å²) < 4.78 is 13.7. The van der Waals surface area contributed by atoms with Gasteiger partial charge in [0, 0.05) is 4.47 Å². The van der Waals surface area contributed by atoms with Crippen molar-refractivity contribution in [3.63, 3.8) is 0 Å². The summed E-state index contributed by atoms with van der Waals surface area (Å²) in [5.41, 5.74) is 0.372. The molecule has 1 aliphatic rings. The van der Waals surface area contributed by atoms with Gasteiger partial charge in [-0.1, -0.05) is 22.0 Å². The molecule has 1 atom stereocenters. The van der Waals surface area contributed by atoms with E-state index >= 15 is 0 Å². The van der Waals surface area contributed by atoms with E-state index in [1.165, 1.54) is 25.0 Å². The predicted molar refractivity (Wildman–Crippen MR) is 69.3 cm³/mol. The summed E-state index contributed by atoms with van der Waals surface area (Å²) >= 11 is 3.36. The molecule has 0 amide bonds. The fourth-order valence-corrected chi connectivity index (χ4v) is 2.65. The zero-order chi connectivity index (χ0) is 12.5. The Labute approximate surface area is 109 Å². The largest absolute Gasteiger partial charge is 0.394 e. The van der Waals surface area contributed by atoms with Gasteiger partial charge in [-0.05, 0) is 49.9 Å². The first-order valence-electron chi connectivity index (χ1n) is 5.86. The maximum absolute atomic E-state index is 13.1. The molecule has 2 rings (SSSR count). The number of rotatable bonds is 5. The number of benzene rings is 1. The molecule has 0 heterocycles. The number of aliphatic hydroxyl groups is 1. The van der Waals surface area contributed by atoms with Gasteiger partial charge >= 0.3 is 0 Å². The van der Waals surface area contributed by atoms with Gasteiger partial charge in [-0.2, -0.15) is 0 Å². The van der Waals surface area contributed by atoms with Gasteiger partial charge in [-0.3, -0.25) is 0 Å². The number of nitrogens with one attached hydrogen (secondary N) is 1. The van der Waals surface area contributed by atoms with Crippen LogP contribution in [0.3, 0.4) is 0 Å². The number of hydrogen-bond donors (Lipinski definition) is 2. The predicted octanol–water partition coefficient (Wildman–Crippen LogP) is 2.80. The molecular weight excluding hydrogens is 285 g/mol. The summed E-state index contributed by atoms with van der Waals surface area (Å²) in [6, 6.07) is 4.57. The third-order valence-electron chi connectivity index (χ3n) is 3.32. The minimum Gasteiger partial charge on any atom is -0.394 e. The van der Waals surface area contributed by atoms with Crippen molar-refractivity contribution in [2.75, 3.05) is 13.2 Å². The Balaban J connectivity index is 2.18. The van der Waals surface area contributed by atoms with Crippen LogP contribution in [0.25, 0.3) is 0 Å². The number of hydrogen-bond acceptors (Lipinski definition) is 2. The summed E-state index contributed by atoms with van der Waals surface area (Å²) in [6.07, 6.45) is 2.53. The molecule has 1 fully saturated rings. The third kappa shape index (κ3) is 3.06. The van der Waals surface area contributed by atoms with E-state index < -0.39 is 5.54 Å². The van der Waals surface area contributed by atoms with Crippen LogP contribution in [-0.4, -0.2) is 18.3 Å². The maximum atomic E-state index is 13.1. The average molecular weight is 302 g/mol. The van der Waals surface area contributed by atoms with Crippen molar-refractivity contribution in [1.29, 1.82) is 0 Å². The second-order valence-corrected chi connectivity index (χ2v) is 5.79. The van der Waals surface area contributed by atoms with Gasteiger partial charge in [0.25, 0.3) is 0 Å². The lowest BCUT2D eigenvalue weighted by molar-refractivity contribution is 0.173. The zero-order valence-electron chi connectivity index (χ0n) is 9.84. The lowest BCUT2D eigenvalue weighted by Crippen LogP contribution is -2.44. The van der Waals surface area contributed by atoms with Crippen LogP contribution in [0.15, 0.2) is 22.7 Å². The average Bonchev–Trinajstić information content (AvgIpc) is 3.09. The Morgan fingerprint density at radius 2 is 2.24 bits per heavy atom. The quantitative estimate of drug-likeness (QED) is 0.876. The number of halogens is 2. The normalized spacial score (nSPS) is 19.1. The van der Waals surface area contributed by atoms with Crippen LogP contribution in [0.1, 0.15) is 25.3 Å². The van der Waals surface area contributed by atoms with Crippen LogP contribution >= 0.6 is 15.9 Å². The van der Waals surface area contributed by atoms with Crippen LogP contribution in [-0.2, 0) is 5.54 Å². The molecule has 2 N–H and O–H groups in total. The molecule has 17 heavy (non-hydrogen) atoms. The standard InChI is InChI=1S/C13H17BrFNO/c1-13(8-17,16-7-9-2-3-9)11-5-4-10(15)6-12(11)14/h4-6,9,16-17H,2-3,7-8H2,1H3. The highest BCUT2D eigenvalue weighted by Crippen LogP contribution is 2.32. The summed E-state index contributed by atoms with van der Waals surface area (Å²) in [5, 5.41) is 13.0. The van der Waals surface area contributed by atoms with Crippen molar-refractivity contribution in [1.82, 2.24) is 5.32 Å². The lowest BCUT2D eigenvalue weighted by Gasteiger charge is -2.30. The van der Waals surface area contributed by atoms with Gasteiger partial charge < -0.3 is 10.4 Å². The summed E-state index contributed by atoms with van der Waals surface area (Å²) in [5.74, 6) is 0.461. The van der Waals surface area contributed by atoms with E-state index in [0.717, 1.165) is 18.0 Å². The van der Waals surface area contributed by atoms with E-state index in [1.807, 2.05) is 6.92 Å². The topological polar surface area (TPSA) is 32.3 Å². The van der Waals surface area contributed by atoms with Crippen LogP contribution in [0.2, 0.25) is 0 Å². The van der Waals surface area contributed by atoms with Gasteiger partial charge in [-0.25, -0.2) is 4.39 Å². The monoisotopic (exact) mass is 301 g/mol. The molecule has 1 saturated carbocycles. The minimum absolute atomic E-state index is 0.00997. The molecule has 4 heteroatoms. The molecule has 0 aromatic heterocycles.